The van der Waals surface area contributed by atoms with E-state index in [2.05, 4.69) is 20.2 Å². The molecule has 9 nitrogen and oxygen atoms in total. The van der Waals surface area contributed by atoms with Crippen LogP contribution in [-0.2, 0) is 12.4 Å². The van der Waals surface area contributed by atoms with Gasteiger partial charge in [0.05, 0.1) is 18.2 Å². The minimum absolute atomic E-state index is 0.149. The highest BCUT2D eigenvalue weighted by Crippen LogP contribution is 2.31. The first-order valence-corrected chi connectivity index (χ1v) is 12.1. The molecule has 0 unspecified atom stereocenters. The third-order valence-corrected chi connectivity index (χ3v) is 6.89. The highest BCUT2D eigenvalue weighted by molar-refractivity contribution is 7.98. The van der Waals surface area contributed by atoms with Crippen LogP contribution in [0.15, 0.2) is 69.9 Å². The number of nitrogens with two attached hydrogens (primary N) is 1. The van der Waals surface area contributed by atoms with Crippen molar-refractivity contribution in [3.8, 4) is 22.6 Å². The summed E-state index contributed by atoms with van der Waals surface area (Å²) in [6.45, 7) is 0.149. The van der Waals surface area contributed by atoms with E-state index in [1.165, 1.54) is 27.8 Å². The van der Waals surface area contributed by atoms with Crippen molar-refractivity contribution in [3.05, 3.63) is 82.0 Å². The van der Waals surface area contributed by atoms with Gasteiger partial charge >= 0.3 is 0 Å². The Morgan fingerprint density at radius 2 is 1.94 bits per heavy atom. The summed E-state index contributed by atoms with van der Waals surface area (Å²) in [5.41, 5.74) is 1.71. The van der Waals surface area contributed by atoms with Gasteiger partial charge in [0.15, 0.2) is 5.82 Å². The number of methoxy groups -OCH3 is 1. The molecule has 0 fully saturated rings. The van der Waals surface area contributed by atoms with E-state index in [9.17, 15) is 4.79 Å². The van der Waals surface area contributed by atoms with Crippen LogP contribution in [0.25, 0.3) is 21.3 Å². The number of rotatable bonds is 8. The third-order valence-electron chi connectivity index (χ3n) is 5.06. The Bertz CT molecular complexity index is 1500. The molecule has 3 aromatic heterocycles. The van der Waals surface area contributed by atoms with Crippen molar-refractivity contribution in [3.63, 3.8) is 0 Å². The second kappa shape index (κ2) is 9.57. The number of nitrogens with zero attached hydrogens (tertiary/aromatic N) is 4. The van der Waals surface area contributed by atoms with Crippen molar-refractivity contribution < 1.29 is 9.47 Å². The second-order valence-electron chi connectivity index (χ2n) is 7.23. The molecule has 0 saturated carbocycles. The summed E-state index contributed by atoms with van der Waals surface area (Å²) in [4.78, 5) is 21.0. The number of aromatic nitrogens is 5. The van der Waals surface area contributed by atoms with Gasteiger partial charge in [-0.25, -0.2) is 9.66 Å². The molecule has 5 rings (SSSR count). The fourth-order valence-corrected chi connectivity index (χ4v) is 5.08. The van der Waals surface area contributed by atoms with Gasteiger partial charge in [0.25, 0.3) is 5.56 Å². The van der Waals surface area contributed by atoms with Crippen molar-refractivity contribution >= 4 is 33.3 Å². The minimum Gasteiger partial charge on any atom is -0.497 e. The molecule has 0 aliphatic heterocycles. The standard InChI is InChI=1S/C23H20N6O3S2/c1-31-15-8-5-9-16(10-15)32-11-19-27-28-23(29(19)24)34-13-18-25-21(30)20-17(12-33-22(20)26-18)14-6-3-2-4-7-14/h2-10,12H,11,13,24H2,1H3,(H,25,26,30). The summed E-state index contributed by atoms with van der Waals surface area (Å²) >= 11 is 2.78. The van der Waals surface area contributed by atoms with E-state index in [1.54, 1.807) is 13.2 Å². The van der Waals surface area contributed by atoms with Crippen molar-refractivity contribution in [2.75, 3.05) is 13.0 Å². The number of benzene rings is 2. The lowest BCUT2D eigenvalue weighted by molar-refractivity contribution is 0.289. The van der Waals surface area contributed by atoms with Crippen LogP contribution in [-0.4, -0.2) is 32.0 Å². The summed E-state index contributed by atoms with van der Waals surface area (Å²) in [6, 6.07) is 17.1. The number of aromatic amines is 1. The molecule has 172 valence electrons. The van der Waals surface area contributed by atoms with Crippen LogP contribution in [0.1, 0.15) is 11.6 Å². The average Bonchev–Trinajstić information content (AvgIpc) is 3.46. The van der Waals surface area contributed by atoms with E-state index in [-0.39, 0.29) is 12.2 Å². The van der Waals surface area contributed by atoms with E-state index >= 15 is 0 Å². The molecule has 11 heteroatoms. The van der Waals surface area contributed by atoms with Gasteiger partial charge in [-0.05, 0) is 17.7 Å². The SMILES string of the molecule is COc1cccc(OCc2nnc(SCc3nc4scc(-c5ccccc5)c4c(=O)[nH]3)n2N)c1. The molecule has 0 bridgehead atoms. The van der Waals surface area contributed by atoms with Gasteiger partial charge in [0.1, 0.15) is 28.8 Å². The first-order valence-electron chi connectivity index (χ1n) is 10.3. The number of hydrogen-bond acceptors (Lipinski definition) is 9. The molecule has 5 aromatic rings. The minimum atomic E-state index is -0.165. The number of thiophene rings is 1. The largest absolute Gasteiger partial charge is 0.497 e. The average molecular weight is 493 g/mol. The summed E-state index contributed by atoms with van der Waals surface area (Å²) in [6.07, 6.45) is 0. The summed E-state index contributed by atoms with van der Waals surface area (Å²) < 4.78 is 12.3. The van der Waals surface area contributed by atoms with E-state index in [0.717, 1.165) is 11.1 Å². The zero-order valence-electron chi connectivity index (χ0n) is 18.1. The van der Waals surface area contributed by atoms with Crippen LogP contribution < -0.4 is 20.9 Å². The Hall–Kier alpha value is -3.83. The molecule has 0 saturated heterocycles. The predicted octanol–water partition coefficient (Wildman–Crippen LogP) is 3.84. The summed E-state index contributed by atoms with van der Waals surface area (Å²) in [5, 5.41) is 11.3. The van der Waals surface area contributed by atoms with Crippen LogP contribution in [0.5, 0.6) is 11.5 Å². The Kier molecular flexibility index (Phi) is 6.19. The Labute approximate surface area is 202 Å². The van der Waals surface area contributed by atoms with Crippen LogP contribution >= 0.6 is 23.1 Å². The fourth-order valence-electron chi connectivity index (χ4n) is 3.37. The molecule has 0 aliphatic carbocycles. The lowest BCUT2D eigenvalue weighted by Gasteiger charge is -2.07. The van der Waals surface area contributed by atoms with E-state index in [0.29, 0.717) is 44.3 Å². The van der Waals surface area contributed by atoms with Gasteiger partial charge in [0, 0.05) is 17.0 Å². The molecule has 3 N–H and O–H groups in total. The predicted molar refractivity (Wildman–Crippen MR) is 133 cm³/mol. The summed E-state index contributed by atoms with van der Waals surface area (Å²) in [7, 11) is 1.60. The van der Waals surface area contributed by atoms with E-state index in [1.807, 2.05) is 53.9 Å². The molecule has 0 aliphatic rings. The number of thioether (sulfide) groups is 1. The van der Waals surface area contributed by atoms with E-state index < -0.39 is 0 Å². The molecular formula is C23H20N6O3S2. The highest BCUT2D eigenvalue weighted by Gasteiger charge is 2.15. The quantitative estimate of drug-likeness (QED) is 0.248. The van der Waals surface area contributed by atoms with Gasteiger partial charge < -0.3 is 20.3 Å². The zero-order valence-corrected chi connectivity index (χ0v) is 19.7. The molecule has 0 spiro atoms. The number of hydrogen-bond donors (Lipinski definition) is 2. The Morgan fingerprint density at radius 1 is 1.12 bits per heavy atom. The highest BCUT2D eigenvalue weighted by atomic mass is 32.2. The first-order chi connectivity index (χ1) is 16.6. The Morgan fingerprint density at radius 3 is 2.76 bits per heavy atom. The molecule has 0 radical (unpaired) electrons. The summed E-state index contributed by atoms with van der Waals surface area (Å²) in [5.74, 6) is 8.88. The third kappa shape index (κ3) is 4.47. The van der Waals surface area contributed by atoms with E-state index in [4.69, 9.17) is 15.3 Å². The number of fused-ring (bicyclic) bond motifs is 1. The normalized spacial score (nSPS) is 11.1. The van der Waals surface area contributed by atoms with Crippen molar-refractivity contribution in [1.82, 2.24) is 24.8 Å². The molecule has 34 heavy (non-hydrogen) atoms. The maximum atomic E-state index is 12.8. The number of nitrogens with one attached hydrogen (secondary N) is 1. The molecule has 0 amide bonds. The lowest BCUT2D eigenvalue weighted by Crippen LogP contribution is -2.16. The van der Waals surface area contributed by atoms with Crippen LogP contribution in [0.3, 0.4) is 0 Å². The van der Waals surface area contributed by atoms with Crippen LogP contribution in [0.4, 0.5) is 0 Å². The maximum Gasteiger partial charge on any atom is 0.260 e. The van der Waals surface area contributed by atoms with Gasteiger partial charge in [-0.1, -0.05) is 48.2 Å². The van der Waals surface area contributed by atoms with Gasteiger partial charge in [-0.2, -0.15) is 0 Å². The lowest BCUT2D eigenvalue weighted by atomic mass is 10.1. The smallest absolute Gasteiger partial charge is 0.260 e. The molecular weight excluding hydrogens is 472 g/mol. The van der Waals surface area contributed by atoms with Gasteiger partial charge in [0.2, 0.25) is 5.16 Å². The van der Waals surface area contributed by atoms with Crippen LogP contribution in [0, 0.1) is 0 Å². The van der Waals surface area contributed by atoms with Gasteiger partial charge in [-0.3, -0.25) is 4.79 Å². The molecule has 2 aromatic carbocycles. The Balaban J connectivity index is 1.28. The fraction of sp³-hybridized carbons (Fsp3) is 0.130. The van der Waals surface area contributed by atoms with Crippen LogP contribution in [0.2, 0.25) is 0 Å². The number of H-pyrrole nitrogens is 1. The number of nitrogen functional groups attached to an aromatic ring is 1. The topological polar surface area (TPSA) is 121 Å². The maximum absolute atomic E-state index is 12.8. The zero-order chi connectivity index (χ0) is 23.5. The number of ether oxygens (including phenoxy) is 2. The second-order valence-corrected chi connectivity index (χ2v) is 9.03. The van der Waals surface area contributed by atoms with Gasteiger partial charge in [-0.15, -0.1) is 21.5 Å². The van der Waals surface area contributed by atoms with Crippen molar-refractivity contribution in [2.24, 2.45) is 0 Å². The monoisotopic (exact) mass is 492 g/mol. The molecule has 0 atom stereocenters. The van der Waals surface area contributed by atoms with Crippen molar-refractivity contribution in [1.29, 1.82) is 0 Å². The molecule has 3 heterocycles. The van der Waals surface area contributed by atoms with Crippen molar-refractivity contribution in [2.45, 2.75) is 17.5 Å². The first kappa shape index (κ1) is 22.0.